The van der Waals surface area contributed by atoms with Crippen molar-refractivity contribution in [3.63, 3.8) is 0 Å². The van der Waals surface area contributed by atoms with Crippen LogP contribution in [0, 0.1) is 17.3 Å². The van der Waals surface area contributed by atoms with Crippen LogP contribution in [0.2, 0.25) is 0 Å². The Morgan fingerprint density at radius 1 is 1.18 bits per heavy atom. The molecule has 0 spiro atoms. The zero-order valence-electron chi connectivity index (χ0n) is 13.5. The van der Waals surface area contributed by atoms with Crippen molar-refractivity contribution in [2.24, 2.45) is 17.3 Å². The summed E-state index contributed by atoms with van der Waals surface area (Å²) in [5.74, 6) is 2.19. The number of benzene rings is 1. The monoisotopic (exact) mass is 302 g/mol. The van der Waals surface area contributed by atoms with Gasteiger partial charge in [-0.25, -0.2) is 0 Å². The molecule has 6 atom stereocenters. The van der Waals surface area contributed by atoms with Gasteiger partial charge in [-0.3, -0.25) is 0 Å². The van der Waals surface area contributed by atoms with Gasteiger partial charge in [0.15, 0.2) is 0 Å². The van der Waals surface area contributed by atoms with E-state index in [0.29, 0.717) is 11.8 Å². The SMILES string of the molecule is COc1ccc2c(c1)CC[C@@H]1[C@@H]2[C@@H](O)C[C@]2(C)[C@@H](O)CC[C@@H]12. The summed E-state index contributed by atoms with van der Waals surface area (Å²) >= 11 is 0. The Kier molecular flexibility index (Phi) is 3.28. The lowest BCUT2D eigenvalue weighted by Crippen LogP contribution is -2.50. The molecule has 0 radical (unpaired) electrons. The van der Waals surface area contributed by atoms with Crippen LogP contribution in [-0.4, -0.2) is 29.5 Å². The number of hydrogen-bond acceptors (Lipinski definition) is 3. The highest BCUT2D eigenvalue weighted by molar-refractivity contribution is 5.41. The summed E-state index contributed by atoms with van der Waals surface area (Å²) in [7, 11) is 1.70. The lowest BCUT2D eigenvalue weighted by atomic mass is 9.54. The van der Waals surface area contributed by atoms with Gasteiger partial charge < -0.3 is 14.9 Å². The predicted molar refractivity (Wildman–Crippen MR) is 85.0 cm³/mol. The van der Waals surface area contributed by atoms with Gasteiger partial charge >= 0.3 is 0 Å². The second-order valence-corrected chi connectivity index (χ2v) is 7.77. The zero-order chi connectivity index (χ0) is 15.5. The summed E-state index contributed by atoms with van der Waals surface area (Å²) < 4.78 is 5.35. The summed E-state index contributed by atoms with van der Waals surface area (Å²) in [5.41, 5.74) is 2.56. The molecule has 22 heavy (non-hydrogen) atoms. The van der Waals surface area contributed by atoms with Crippen LogP contribution < -0.4 is 4.74 Å². The Labute approximate surface area is 132 Å². The first kappa shape index (κ1) is 14.5. The molecule has 2 saturated carbocycles. The number of aliphatic hydroxyl groups excluding tert-OH is 2. The fraction of sp³-hybridized carbons (Fsp3) is 0.684. The Morgan fingerprint density at radius 3 is 2.77 bits per heavy atom. The molecule has 4 rings (SSSR count). The Balaban J connectivity index is 1.73. The van der Waals surface area contributed by atoms with E-state index in [-0.39, 0.29) is 23.5 Å². The third-order valence-electron chi connectivity index (χ3n) is 6.86. The zero-order valence-corrected chi connectivity index (χ0v) is 13.5. The average molecular weight is 302 g/mol. The van der Waals surface area contributed by atoms with Gasteiger partial charge in [-0.15, -0.1) is 0 Å². The minimum Gasteiger partial charge on any atom is -0.497 e. The van der Waals surface area contributed by atoms with Gasteiger partial charge in [-0.1, -0.05) is 13.0 Å². The number of aliphatic hydroxyl groups is 2. The maximum absolute atomic E-state index is 10.9. The molecule has 3 nitrogen and oxygen atoms in total. The minimum atomic E-state index is -0.341. The van der Waals surface area contributed by atoms with Crippen molar-refractivity contribution in [2.45, 2.75) is 57.2 Å². The van der Waals surface area contributed by atoms with Crippen LogP contribution in [0.1, 0.15) is 49.7 Å². The molecule has 0 saturated heterocycles. The maximum atomic E-state index is 10.9. The van der Waals surface area contributed by atoms with E-state index in [1.807, 2.05) is 6.07 Å². The van der Waals surface area contributed by atoms with Crippen molar-refractivity contribution in [1.29, 1.82) is 0 Å². The molecule has 0 heterocycles. The first-order valence-corrected chi connectivity index (χ1v) is 8.57. The first-order chi connectivity index (χ1) is 10.5. The Morgan fingerprint density at radius 2 is 2.00 bits per heavy atom. The van der Waals surface area contributed by atoms with Crippen molar-refractivity contribution < 1.29 is 14.9 Å². The van der Waals surface area contributed by atoms with Gasteiger partial charge in [0.2, 0.25) is 0 Å². The number of methoxy groups -OCH3 is 1. The highest BCUT2D eigenvalue weighted by Crippen LogP contribution is 2.60. The van der Waals surface area contributed by atoms with E-state index < -0.39 is 0 Å². The maximum Gasteiger partial charge on any atom is 0.119 e. The molecule has 0 amide bonds. The van der Waals surface area contributed by atoms with Crippen LogP contribution in [0.4, 0.5) is 0 Å². The van der Waals surface area contributed by atoms with Crippen LogP contribution in [0.15, 0.2) is 18.2 Å². The van der Waals surface area contributed by atoms with Crippen molar-refractivity contribution in [3.8, 4) is 5.75 Å². The quantitative estimate of drug-likeness (QED) is 0.838. The smallest absolute Gasteiger partial charge is 0.119 e. The first-order valence-electron chi connectivity index (χ1n) is 8.57. The van der Waals surface area contributed by atoms with Crippen LogP contribution in [0.25, 0.3) is 0 Å². The molecule has 3 aliphatic rings. The molecule has 0 bridgehead atoms. The summed E-state index contributed by atoms with van der Waals surface area (Å²) in [6.45, 7) is 2.19. The van der Waals surface area contributed by atoms with Crippen LogP contribution in [0.3, 0.4) is 0 Å². The third kappa shape index (κ3) is 1.88. The van der Waals surface area contributed by atoms with Crippen LogP contribution in [0.5, 0.6) is 5.75 Å². The minimum absolute atomic E-state index is 0.0927. The van der Waals surface area contributed by atoms with Gasteiger partial charge in [0.25, 0.3) is 0 Å². The summed E-state index contributed by atoms with van der Waals surface area (Å²) in [6, 6.07) is 6.31. The molecule has 1 aromatic carbocycles. The number of ether oxygens (including phenoxy) is 1. The molecule has 3 heteroatoms. The van der Waals surface area contributed by atoms with Gasteiger partial charge in [0.05, 0.1) is 19.3 Å². The largest absolute Gasteiger partial charge is 0.497 e. The van der Waals surface area contributed by atoms with E-state index in [1.54, 1.807) is 7.11 Å². The van der Waals surface area contributed by atoms with Crippen molar-refractivity contribution in [1.82, 2.24) is 0 Å². The standard InChI is InChI=1S/C19H26O3/c1-19-10-16(20)18-13-6-4-12(22-2)9-11(13)3-5-14(18)15(19)7-8-17(19)21/h4,6,9,14-18,20-21H,3,5,7-8,10H2,1-2H3/t14-,15-,16-,17-,18+,19-/m0/s1. The molecular formula is C19H26O3. The molecule has 3 aliphatic carbocycles. The van der Waals surface area contributed by atoms with Gasteiger partial charge in [-0.2, -0.15) is 0 Å². The normalized spacial score (nSPS) is 43.2. The molecular weight excluding hydrogens is 276 g/mol. The molecule has 120 valence electrons. The van der Waals surface area contributed by atoms with E-state index in [4.69, 9.17) is 4.74 Å². The molecule has 0 unspecified atom stereocenters. The summed E-state index contributed by atoms with van der Waals surface area (Å²) in [5, 5.41) is 21.3. The van der Waals surface area contributed by atoms with Crippen molar-refractivity contribution in [3.05, 3.63) is 29.3 Å². The lowest BCUT2D eigenvalue weighted by molar-refractivity contribution is -0.0798. The van der Waals surface area contributed by atoms with E-state index in [2.05, 4.69) is 19.1 Å². The second-order valence-electron chi connectivity index (χ2n) is 7.77. The van der Waals surface area contributed by atoms with Crippen LogP contribution >= 0.6 is 0 Å². The number of aryl methyl sites for hydroxylation is 1. The second kappa shape index (κ2) is 4.97. The number of hydrogen-bond donors (Lipinski definition) is 2. The van der Waals surface area contributed by atoms with Gasteiger partial charge in [0.1, 0.15) is 5.75 Å². The highest BCUT2D eigenvalue weighted by Gasteiger charge is 2.57. The summed E-state index contributed by atoms with van der Waals surface area (Å²) in [4.78, 5) is 0. The molecule has 1 aromatic rings. The molecule has 2 N–H and O–H groups in total. The molecule has 0 aliphatic heterocycles. The summed E-state index contributed by atoms with van der Waals surface area (Å²) in [6.07, 6.45) is 4.32. The van der Waals surface area contributed by atoms with Crippen molar-refractivity contribution >= 4 is 0 Å². The Hall–Kier alpha value is -1.06. The average Bonchev–Trinajstić information content (AvgIpc) is 2.81. The van der Waals surface area contributed by atoms with E-state index in [1.165, 1.54) is 11.1 Å². The molecule has 0 aromatic heterocycles. The molecule has 2 fully saturated rings. The van der Waals surface area contributed by atoms with Crippen molar-refractivity contribution in [2.75, 3.05) is 7.11 Å². The number of fused-ring (bicyclic) bond motifs is 5. The topological polar surface area (TPSA) is 49.7 Å². The van der Waals surface area contributed by atoms with Gasteiger partial charge in [-0.05, 0) is 72.6 Å². The highest BCUT2D eigenvalue weighted by atomic mass is 16.5. The fourth-order valence-electron chi connectivity index (χ4n) is 5.74. The lowest BCUT2D eigenvalue weighted by Gasteiger charge is -2.52. The number of rotatable bonds is 1. The van der Waals surface area contributed by atoms with E-state index >= 15 is 0 Å². The third-order valence-corrected chi connectivity index (χ3v) is 6.86. The Bertz CT molecular complexity index is 584. The fourth-order valence-corrected chi connectivity index (χ4v) is 5.74. The van der Waals surface area contributed by atoms with Gasteiger partial charge in [0, 0.05) is 5.92 Å². The van der Waals surface area contributed by atoms with Crippen LogP contribution in [-0.2, 0) is 6.42 Å². The predicted octanol–water partition coefficient (Wildman–Crippen LogP) is 2.88. The van der Waals surface area contributed by atoms with E-state index in [9.17, 15) is 10.2 Å². The van der Waals surface area contributed by atoms with E-state index in [0.717, 1.165) is 37.9 Å².